The van der Waals surface area contributed by atoms with Gasteiger partial charge in [0.2, 0.25) is 0 Å². The summed E-state index contributed by atoms with van der Waals surface area (Å²) in [6.07, 6.45) is 1.79. The molecule has 2 aromatic carbocycles. The van der Waals surface area contributed by atoms with E-state index in [0.29, 0.717) is 0 Å². The third kappa shape index (κ3) is 1.82. The monoisotopic (exact) mass is 195 g/mol. The number of hydrogen-bond donors (Lipinski definition) is 0. The van der Waals surface area contributed by atoms with E-state index in [9.17, 15) is 0 Å². The molecule has 0 aromatic heterocycles. The highest BCUT2D eigenvalue weighted by atomic mass is 14.6. The highest BCUT2D eigenvalue weighted by Gasteiger charge is 2.01. The molecule has 2 rings (SSSR count). The smallest absolute Gasteiger partial charge is 0.0281 e. The van der Waals surface area contributed by atoms with Crippen molar-refractivity contribution in [3.63, 3.8) is 0 Å². The molecule has 0 amide bonds. The van der Waals surface area contributed by atoms with E-state index in [1.54, 1.807) is 13.3 Å². The lowest BCUT2D eigenvalue weighted by Gasteiger charge is -2.05. The molecule has 0 unspecified atom stereocenters. The molecule has 0 bridgehead atoms. The van der Waals surface area contributed by atoms with Crippen molar-refractivity contribution in [2.24, 2.45) is 4.99 Å². The molecule has 0 saturated heterocycles. The fourth-order valence-electron chi connectivity index (χ4n) is 1.73. The Balaban J connectivity index is 2.65. The largest absolute Gasteiger partial charge is 0.296 e. The highest BCUT2D eigenvalue weighted by molar-refractivity contribution is 6.13. The minimum atomic E-state index is 0.953. The van der Waals surface area contributed by atoms with E-state index < -0.39 is 0 Å². The van der Waals surface area contributed by atoms with Crippen LogP contribution < -0.4 is 0 Å². The first-order chi connectivity index (χ1) is 7.33. The Labute approximate surface area is 89.8 Å². The molecule has 1 heteroatoms. The molecule has 0 saturated carbocycles. The normalized spacial score (nSPS) is 11.0. The molecular weight excluding hydrogens is 182 g/mol. The van der Waals surface area contributed by atoms with E-state index in [2.05, 4.69) is 35.8 Å². The standard InChI is InChI=1S/C14H13N/c1-11(10-15-2)13-9-5-7-12-6-3-4-8-14(12)13/h3-10H,1H2,2H3. The predicted octanol–water partition coefficient (Wildman–Crippen LogP) is 3.55. The zero-order valence-corrected chi connectivity index (χ0v) is 8.77. The maximum absolute atomic E-state index is 4.02. The van der Waals surface area contributed by atoms with Gasteiger partial charge in [0.05, 0.1) is 0 Å². The average Bonchev–Trinajstić information content (AvgIpc) is 2.28. The SMILES string of the molecule is C=C(C=NC)c1cccc2ccccc12. The first-order valence-electron chi connectivity index (χ1n) is 4.92. The number of hydrogen-bond acceptors (Lipinski definition) is 1. The minimum absolute atomic E-state index is 0.953. The lowest BCUT2D eigenvalue weighted by Crippen LogP contribution is -1.86. The topological polar surface area (TPSA) is 12.4 Å². The Hall–Kier alpha value is -1.89. The van der Waals surface area contributed by atoms with Crippen molar-refractivity contribution in [1.82, 2.24) is 0 Å². The van der Waals surface area contributed by atoms with Crippen molar-refractivity contribution in [3.8, 4) is 0 Å². The Morgan fingerprint density at radius 2 is 1.87 bits per heavy atom. The van der Waals surface area contributed by atoms with Gasteiger partial charge in [-0.05, 0) is 21.9 Å². The van der Waals surface area contributed by atoms with Gasteiger partial charge in [0.15, 0.2) is 0 Å². The molecule has 0 aliphatic heterocycles. The molecule has 0 atom stereocenters. The molecule has 0 N–H and O–H groups in total. The summed E-state index contributed by atoms with van der Waals surface area (Å²) in [5.74, 6) is 0. The second kappa shape index (κ2) is 4.09. The molecule has 15 heavy (non-hydrogen) atoms. The van der Waals surface area contributed by atoms with Gasteiger partial charge < -0.3 is 0 Å². The minimum Gasteiger partial charge on any atom is -0.296 e. The lowest BCUT2D eigenvalue weighted by molar-refractivity contribution is 1.48. The maximum atomic E-state index is 4.02. The molecule has 0 aliphatic carbocycles. The predicted molar refractivity (Wildman–Crippen MR) is 67.4 cm³/mol. The van der Waals surface area contributed by atoms with Gasteiger partial charge in [-0.2, -0.15) is 0 Å². The van der Waals surface area contributed by atoms with Crippen molar-refractivity contribution < 1.29 is 0 Å². The fourth-order valence-corrected chi connectivity index (χ4v) is 1.73. The van der Waals surface area contributed by atoms with Crippen LogP contribution in [0.25, 0.3) is 16.3 Å². The third-order valence-electron chi connectivity index (χ3n) is 2.42. The van der Waals surface area contributed by atoms with Crippen molar-refractivity contribution in [2.75, 3.05) is 7.05 Å². The van der Waals surface area contributed by atoms with Gasteiger partial charge in [0.1, 0.15) is 0 Å². The number of allylic oxidation sites excluding steroid dienone is 1. The summed E-state index contributed by atoms with van der Waals surface area (Å²) < 4.78 is 0. The second-order valence-electron chi connectivity index (χ2n) is 3.44. The number of aliphatic imine (C=N–C) groups is 1. The molecule has 1 nitrogen and oxygen atoms in total. The molecule has 74 valence electrons. The molecule has 0 aliphatic rings. The van der Waals surface area contributed by atoms with Crippen LogP contribution in [-0.4, -0.2) is 13.3 Å². The van der Waals surface area contributed by atoms with Crippen molar-refractivity contribution in [2.45, 2.75) is 0 Å². The summed E-state index contributed by atoms with van der Waals surface area (Å²) >= 11 is 0. The summed E-state index contributed by atoms with van der Waals surface area (Å²) in [6.45, 7) is 4.02. The van der Waals surface area contributed by atoms with Gasteiger partial charge in [-0.25, -0.2) is 0 Å². The quantitative estimate of drug-likeness (QED) is 0.650. The summed E-state index contributed by atoms with van der Waals surface area (Å²) in [7, 11) is 1.76. The summed E-state index contributed by atoms with van der Waals surface area (Å²) in [6, 6.07) is 14.5. The molecular formula is C14H13N. The Kier molecular flexibility index (Phi) is 2.64. The highest BCUT2D eigenvalue weighted by Crippen LogP contribution is 2.22. The van der Waals surface area contributed by atoms with E-state index in [4.69, 9.17) is 0 Å². The molecule has 2 aromatic rings. The lowest BCUT2D eigenvalue weighted by atomic mass is 10.00. The van der Waals surface area contributed by atoms with E-state index in [-0.39, 0.29) is 0 Å². The van der Waals surface area contributed by atoms with Crippen LogP contribution in [0.3, 0.4) is 0 Å². The van der Waals surface area contributed by atoms with Crippen LogP contribution in [0, 0.1) is 0 Å². The van der Waals surface area contributed by atoms with Gasteiger partial charge >= 0.3 is 0 Å². The number of nitrogens with zero attached hydrogens (tertiary/aromatic N) is 1. The number of fused-ring (bicyclic) bond motifs is 1. The average molecular weight is 195 g/mol. The van der Waals surface area contributed by atoms with Gasteiger partial charge in [-0.1, -0.05) is 49.0 Å². The van der Waals surface area contributed by atoms with Gasteiger partial charge in [-0.3, -0.25) is 4.99 Å². The van der Waals surface area contributed by atoms with Crippen LogP contribution in [0.4, 0.5) is 0 Å². The zero-order chi connectivity index (χ0) is 10.7. The summed E-state index contributed by atoms with van der Waals surface area (Å²) in [5.41, 5.74) is 2.10. The van der Waals surface area contributed by atoms with Gasteiger partial charge in [-0.15, -0.1) is 0 Å². The van der Waals surface area contributed by atoms with Crippen molar-refractivity contribution in [1.29, 1.82) is 0 Å². The molecule has 0 fully saturated rings. The Bertz CT molecular complexity index is 518. The number of benzene rings is 2. The Morgan fingerprint density at radius 3 is 2.67 bits per heavy atom. The Morgan fingerprint density at radius 1 is 1.13 bits per heavy atom. The van der Waals surface area contributed by atoms with E-state index in [1.807, 2.05) is 18.2 Å². The summed E-state index contributed by atoms with van der Waals surface area (Å²) in [4.78, 5) is 3.99. The molecule has 0 spiro atoms. The zero-order valence-electron chi connectivity index (χ0n) is 8.77. The summed E-state index contributed by atoms with van der Waals surface area (Å²) in [5, 5.41) is 2.46. The van der Waals surface area contributed by atoms with E-state index in [0.717, 1.165) is 11.1 Å². The van der Waals surface area contributed by atoms with Crippen molar-refractivity contribution >= 4 is 22.6 Å². The van der Waals surface area contributed by atoms with Crippen molar-refractivity contribution in [3.05, 3.63) is 54.6 Å². The first kappa shape index (κ1) is 9.66. The van der Waals surface area contributed by atoms with Gasteiger partial charge in [0, 0.05) is 13.3 Å². The van der Waals surface area contributed by atoms with Gasteiger partial charge in [0.25, 0.3) is 0 Å². The third-order valence-corrected chi connectivity index (χ3v) is 2.42. The van der Waals surface area contributed by atoms with Crippen LogP contribution in [0.2, 0.25) is 0 Å². The molecule has 0 radical (unpaired) electrons. The van der Waals surface area contributed by atoms with Crippen LogP contribution in [0.15, 0.2) is 54.0 Å². The first-order valence-corrected chi connectivity index (χ1v) is 4.92. The second-order valence-corrected chi connectivity index (χ2v) is 3.44. The fraction of sp³-hybridized carbons (Fsp3) is 0.0714. The van der Waals surface area contributed by atoms with Crippen LogP contribution in [0.1, 0.15) is 5.56 Å². The number of rotatable bonds is 2. The van der Waals surface area contributed by atoms with Crippen LogP contribution >= 0.6 is 0 Å². The molecule has 0 heterocycles. The van der Waals surface area contributed by atoms with Crippen LogP contribution in [-0.2, 0) is 0 Å². The van der Waals surface area contributed by atoms with E-state index >= 15 is 0 Å². The maximum Gasteiger partial charge on any atom is 0.0281 e. The van der Waals surface area contributed by atoms with Crippen LogP contribution in [0.5, 0.6) is 0 Å². The van der Waals surface area contributed by atoms with E-state index in [1.165, 1.54) is 10.8 Å².